The molecule has 3 rings (SSSR count). The highest BCUT2D eigenvalue weighted by Crippen LogP contribution is 2.19. The number of aromatic nitrogens is 3. The van der Waals surface area contributed by atoms with E-state index < -0.39 is 6.10 Å². The third kappa shape index (κ3) is 2.51. The number of aliphatic hydroxyl groups excluding tert-OH is 1. The summed E-state index contributed by atoms with van der Waals surface area (Å²) in [6.07, 6.45) is 10.8. The fourth-order valence-corrected chi connectivity index (χ4v) is 2.71. The zero-order valence-electron chi connectivity index (χ0n) is 11.2. The van der Waals surface area contributed by atoms with Crippen molar-refractivity contribution in [2.75, 3.05) is 0 Å². The number of hydrogen-bond acceptors (Lipinski definition) is 4. The molecule has 6 heteroatoms. The Morgan fingerprint density at radius 3 is 3.05 bits per heavy atom. The molecule has 0 bridgehead atoms. The highest BCUT2D eigenvalue weighted by Gasteiger charge is 2.24. The Morgan fingerprint density at radius 2 is 2.15 bits per heavy atom. The van der Waals surface area contributed by atoms with Gasteiger partial charge in [-0.25, -0.2) is 4.52 Å². The van der Waals surface area contributed by atoms with Gasteiger partial charge < -0.3 is 10.4 Å². The average Bonchev–Trinajstić information content (AvgIpc) is 2.79. The Bertz CT molecular complexity index is 610. The van der Waals surface area contributed by atoms with Crippen LogP contribution in [0, 0.1) is 0 Å². The Kier molecular flexibility index (Phi) is 3.64. The van der Waals surface area contributed by atoms with Crippen LogP contribution in [0.3, 0.4) is 0 Å². The Morgan fingerprint density at radius 1 is 1.30 bits per heavy atom. The van der Waals surface area contributed by atoms with Gasteiger partial charge in [0.15, 0.2) is 0 Å². The predicted octanol–water partition coefficient (Wildman–Crippen LogP) is 1.15. The summed E-state index contributed by atoms with van der Waals surface area (Å²) in [6.45, 7) is 0. The van der Waals surface area contributed by atoms with Crippen LogP contribution in [0.25, 0.3) is 5.52 Å². The molecule has 0 radical (unpaired) electrons. The normalized spacial score (nSPS) is 23.4. The Hall–Kier alpha value is -1.95. The molecule has 6 nitrogen and oxygen atoms in total. The van der Waals surface area contributed by atoms with Crippen molar-refractivity contribution in [3.8, 4) is 0 Å². The van der Waals surface area contributed by atoms with Crippen molar-refractivity contribution in [1.82, 2.24) is 19.9 Å². The van der Waals surface area contributed by atoms with Crippen LogP contribution < -0.4 is 5.32 Å². The van der Waals surface area contributed by atoms with Gasteiger partial charge in [-0.15, -0.1) is 0 Å². The smallest absolute Gasteiger partial charge is 0.255 e. The van der Waals surface area contributed by atoms with Crippen LogP contribution in [0.2, 0.25) is 0 Å². The second-order valence-corrected chi connectivity index (χ2v) is 5.25. The quantitative estimate of drug-likeness (QED) is 0.805. The molecule has 2 atom stereocenters. The minimum absolute atomic E-state index is 0.170. The van der Waals surface area contributed by atoms with Crippen LogP contribution in [0.5, 0.6) is 0 Å². The molecule has 0 saturated heterocycles. The van der Waals surface area contributed by atoms with Gasteiger partial charge in [-0.05, 0) is 12.8 Å². The van der Waals surface area contributed by atoms with E-state index in [1.165, 1.54) is 6.20 Å². The van der Waals surface area contributed by atoms with Crippen LogP contribution in [-0.2, 0) is 0 Å². The Balaban J connectivity index is 1.78. The van der Waals surface area contributed by atoms with Crippen LogP contribution in [0.4, 0.5) is 0 Å². The molecule has 2 N–H and O–H groups in total. The van der Waals surface area contributed by atoms with Crippen molar-refractivity contribution in [1.29, 1.82) is 0 Å². The number of carbonyl (C=O) groups excluding carboxylic acids is 1. The minimum atomic E-state index is -0.457. The molecule has 106 valence electrons. The standard InChI is InChI=1S/C14H18N4O2/c19-13-5-3-1-2-4-11(13)17-14(20)10-8-16-18-7-6-15-9-12(10)18/h6-9,11,13,19H,1-5H2,(H,17,20). The van der Waals surface area contributed by atoms with Crippen molar-refractivity contribution < 1.29 is 9.90 Å². The third-order valence-electron chi connectivity index (χ3n) is 3.87. The molecule has 2 heterocycles. The average molecular weight is 274 g/mol. The molecule has 1 fully saturated rings. The number of fused-ring (bicyclic) bond motifs is 1. The van der Waals surface area contributed by atoms with Gasteiger partial charge in [-0.1, -0.05) is 19.3 Å². The zero-order valence-corrected chi connectivity index (χ0v) is 11.2. The van der Waals surface area contributed by atoms with E-state index in [9.17, 15) is 9.90 Å². The van der Waals surface area contributed by atoms with Crippen molar-refractivity contribution >= 4 is 11.4 Å². The number of rotatable bonds is 2. The maximum absolute atomic E-state index is 12.3. The first kappa shape index (κ1) is 13.1. The lowest BCUT2D eigenvalue weighted by atomic mass is 10.1. The fraction of sp³-hybridized carbons (Fsp3) is 0.500. The van der Waals surface area contributed by atoms with Gasteiger partial charge in [0.1, 0.15) is 0 Å². The van der Waals surface area contributed by atoms with E-state index in [-0.39, 0.29) is 11.9 Å². The summed E-state index contributed by atoms with van der Waals surface area (Å²) in [5.74, 6) is -0.195. The van der Waals surface area contributed by atoms with Crippen molar-refractivity contribution in [2.24, 2.45) is 0 Å². The summed E-state index contributed by atoms with van der Waals surface area (Å²) in [6, 6.07) is -0.170. The molecular weight excluding hydrogens is 256 g/mol. The summed E-state index contributed by atoms with van der Waals surface area (Å²) in [5.41, 5.74) is 1.17. The van der Waals surface area contributed by atoms with E-state index in [4.69, 9.17) is 0 Å². The fourth-order valence-electron chi connectivity index (χ4n) is 2.71. The summed E-state index contributed by atoms with van der Waals surface area (Å²) in [7, 11) is 0. The molecule has 2 aromatic heterocycles. The van der Waals surface area contributed by atoms with Gasteiger partial charge in [-0.2, -0.15) is 5.10 Å². The van der Waals surface area contributed by atoms with Gasteiger partial charge in [0.25, 0.3) is 5.91 Å². The van der Waals surface area contributed by atoms with Crippen LogP contribution in [-0.4, -0.2) is 37.8 Å². The molecular formula is C14H18N4O2. The first-order valence-electron chi connectivity index (χ1n) is 7.02. The van der Waals surface area contributed by atoms with Crippen LogP contribution in [0.1, 0.15) is 42.5 Å². The Labute approximate surface area is 116 Å². The molecule has 2 aromatic rings. The second-order valence-electron chi connectivity index (χ2n) is 5.25. The highest BCUT2D eigenvalue weighted by molar-refractivity contribution is 6.00. The molecule has 1 aliphatic rings. The number of carbonyl (C=O) groups is 1. The predicted molar refractivity (Wildman–Crippen MR) is 73.3 cm³/mol. The number of amides is 1. The summed E-state index contributed by atoms with van der Waals surface area (Å²) < 4.78 is 1.62. The first-order valence-corrected chi connectivity index (χ1v) is 7.02. The van der Waals surface area contributed by atoms with Crippen molar-refractivity contribution in [3.63, 3.8) is 0 Å². The number of aliphatic hydroxyl groups is 1. The molecule has 0 aliphatic heterocycles. The van der Waals surface area contributed by atoms with Gasteiger partial charge in [0, 0.05) is 12.4 Å². The van der Waals surface area contributed by atoms with E-state index in [0.717, 1.165) is 32.1 Å². The summed E-state index contributed by atoms with van der Waals surface area (Å²) >= 11 is 0. The molecule has 20 heavy (non-hydrogen) atoms. The SMILES string of the molecule is O=C(NC1CCCCCC1O)c1cnn2ccncc12. The van der Waals surface area contributed by atoms with Crippen molar-refractivity contribution in [3.05, 3.63) is 30.4 Å². The lowest BCUT2D eigenvalue weighted by molar-refractivity contribution is 0.0820. The van der Waals surface area contributed by atoms with Gasteiger partial charge in [0.05, 0.1) is 35.6 Å². The van der Waals surface area contributed by atoms with E-state index >= 15 is 0 Å². The summed E-state index contributed by atoms with van der Waals surface area (Å²) in [5, 5.41) is 17.1. The van der Waals surface area contributed by atoms with Crippen LogP contribution >= 0.6 is 0 Å². The maximum atomic E-state index is 12.3. The maximum Gasteiger partial charge on any atom is 0.255 e. The monoisotopic (exact) mass is 274 g/mol. The van der Waals surface area contributed by atoms with E-state index in [0.29, 0.717) is 11.1 Å². The molecule has 1 aliphatic carbocycles. The first-order chi connectivity index (χ1) is 9.75. The third-order valence-corrected chi connectivity index (χ3v) is 3.87. The van der Waals surface area contributed by atoms with Gasteiger partial charge >= 0.3 is 0 Å². The van der Waals surface area contributed by atoms with Gasteiger partial charge in [-0.3, -0.25) is 9.78 Å². The largest absolute Gasteiger partial charge is 0.391 e. The van der Waals surface area contributed by atoms with E-state index in [2.05, 4.69) is 15.4 Å². The lowest BCUT2D eigenvalue weighted by Crippen LogP contribution is -2.42. The molecule has 0 spiro atoms. The highest BCUT2D eigenvalue weighted by atomic mass is 16.3. The summed E-state index contributed by atoms with van der Waals surface area (Å²) in [4.78, 5) is 16.4. The van der Waals surface area contributed by atoms with Gasteiger partial charge in [0.2, 0.25) is 0 Å². The number of nitrogens with one attached hydrogen (secondary N) is 1. The minimum Gasteiger partial charge on any atom is -0.391 e. The lowest BCUT2D eigenvalue weighted by Gasteiger charge is -2.21. The van der Waals surface area contributed by atoms with Crippen molar-refractivity contribution in [2.45, 2.75) is 44.2 Å². The molecule has 0 aromatic carbocycles. The van der Waals surface area contributed by atoms with Crippen LogP contribution in [0.15, 0.2) is 24.8 Å². The second kappa shape index (κ2) is 5.58. The molecule has 1 saturated carbocycles. The number of nitrogens with zero attached hydrogens (tertiary/aromatic N) is 3. The zero-order chi connectivity index (χ0) is 13.9. The topological polar surface area (TPSA) is 79.5 Å². The molecule has 2 unspecified atom stereocenters. The van der Waals surface area contributed by atoms with E-state index in [1.54, 1.807) is 23.1 Å². The van der Waals surface area contributed by atoms with E-state index in [1.807, 2.05) is 0 Å². The number of hydrogen-bond donors (Lipinski definition) is 2. The molecule has 1 amide bonds.